The van der Waals surface area contributed by atoms with E-state index in [-0.39, 0.29) is 5.97 Å². The molecule has 2 fully saturated rings. The fraction of sp³-hybridized carbons (Fsp3) is 0.462. The summed E-state index contributed by atoms with van der Waals surface area (Å²) in [7, 11) is 0. The van der Waals surface area contributed by atoms with Gasteiger partial charge in [0.1, 0.15) is 12.1 Å². The maximum Gasteiger partial charge on any atom is 0.328 e. The molecular formula is C13H16N2O2. The molecule has 2 aliphatic heterocycles. The molecule has 4 nitrogen and oxygen atoms in total. The van der Waals surface area contributed by atoms with Crippen LogP contribution >= 0.6 is 0 Å². The van der Waals surface area contributed by atoms with E-state index in [0.717, 1.165) is 18.5 Å². The normalized spacial score (nSPS) is 30.5. The van der Waals surface area contributed by atoms with Gasteiger partial charge in [-0.05, 0) is 12.0 Å². The molecule has 0 aliphatic carbocycles. The number of carbonyl (C=O) groups is 1. The van der Waals surface area contributed by atoms with E-state index in [1.54, 1.807) is 0 Å². The zero-order valence-electron chi connectivity index (χ0n) is 9.61. The fourth-order valence-electron chi connectivity index (χ4n) is 2.57. The number of hydrogen-bond acceptors (Lipinski definition) is 4. The minimum Gasteiger partial charge on any atom is -0.459 e. The van der Waals surface area contributed by atoms with Crippen LogP contribution in [0, 0.1) is 0 Å². The van der Waals surface area contributed by atoms with Crippen molar-refractivity contribution in [3.05, 3.63) is 35.9 Å². The molecule has 3 rings (SSSR count). The van der Waals surface area contributed by atoms with Gasteiger partial charge in [-0.15, -0.1) is 0 Å². The van der Waals surface area contributed by atoms with Gasteiger partial charge in [0, 0.05) is 19.1 Å². The number of ether oxygens (including phenoxy) is 1. The smallest absolute Gasteiger partial charge is 0.328 e. The van der Waals surface area contributed by atoms with Crippen LogP contribution in [0.2, 0.25) is 0 Å². The first kappa shape index (κ1) is 10.7. The minimum atomic E-state index is -0.473. The second kappa shape index (κ2) is 4.13. The van der Waals surface area contributed by atoms with Crippen LogP contribution in [-0.2, 0) is 16.1 Å². The van der Waals surface area contributed by atoms with Crippen molar-refractivity contribution in [1.82, 2.24) is 10.6 Å². The predicted octanol–water partition coefficient (Wildman–Crippen LogP) is 0.434. The Hall–Kier alpha value is -1.39. The predicted molar refractivity (Wildman–Crippen MR) is 63.4 cm³/mol. The third-order valence-electron chi connectivity index (χ3n) is 3.58. The van der Waals surface area contributed by atoms with Crippen LogP contribution in [0.1, 0.15) is 12.0 Å². The van der Waals surface area contributed by atoms with Gasteiger partial charge in [-0.25, -0.2) is 4.79 Å². The third-order valence-corrected chi connectivity index (χ3v) is 3.58. The zero-order valence-corrected chi connectivity index (χ0v) is 9.61. The van der Waals surface area contributed by atoms with E-state index in [9.17, 15) is 4.79 Å². The van der Waals surface area contributed by atoms with Gasteiger partial charge in [0.15, 0.2) is 0 Å². The average molecular weight is 232 g/mol. The Kier molecular flexibility index (Phi) is 2.61. The van der Waals surface area contributed by atoms with Gasteiger partial charge in [0.2, 0.25) is 0 Å². The number of piperazine rings is 1. The summed E-state index contributed by atoms with van der Waals surface area (Å²) < 4.78 is 5.39. The van der Waals surface area contributed by atoms with Gasteiger partial charge in [-0.1, -0.05) is 30.3 Å². The largest absolute Gasteiger partial charge is 0.459 e. The van der Waals surface area contributed by atoms with Gasteiger partial charge >= 0.3 is 5.97 Å². The molecular weight excluding hydrogens is 216 g/mol. The van der Waals surface area contributed by atoms with Crippen molar-refractivity contribution in [2.45, 2.75) is 24.6 Å². The topological polar surface area (TPSA) is 50.4 Å². The van der Waals surface area contributed by atoms with Crippen molar-refractivity contribution in [2.75, 3.05) is 13.1 Å². The number of esters is 1. The van der Waals surface area contributed by atoms with E-state index in [2.05, 4.69) is 10.6 Å². The zero-order chi connectivity index (χ0) is 11.7. The molecule has 0 radical (unpaired) electrons. The number of fused-ring (bicyclic) bond motifs is 2. The SMILES string of the molecule is O=C(OCc1ccccc1)C12CN[C@H](CN1)C2. The number of nitrogens with one attached hydrogen (secondary N) is 2. The Morgan fingerprint density at radius 2 is 2.24 bits per heavy atom. The first-order valence-corrected chi connectivity index (χ1v) is 5.98. The van der Waals surface area contributed by atoms with Crippen LogP contribution in [0.15, 0.2) is 30.3 Å². The Bertz CT molecular complexity index is 411. The van der Waals surface area contributed by atoms with Gasteiger partial charge in [0.05, 0.1) is 0 Å². The molecule has 2 aliphatic rings. The third kappa shape index (κ3) is 1.94. The van der Waals surface area contributed by atoms with Crippen LogP contribution < -0.4 is 10.6 Å². The maximum atomic E-state index is 12.1. The van der Waals surface area contributed by atoms with Gasteiger partial charge in [-0.2, -0.15) is 0 Å². The summed E-state index contributed by atoms with van der Waals surface area (Å²) >= 11 is 0. The van der Waals surface area contributed by atoms with E-state index in [1.807, 2.05) is 30.3 Å². The van der Waals surface area contributed by atoms with Crippen molar-refractivity contribution in [3.8, 4) is 0 Å². The molecule has 4 heteroatoms. The van der Waals surface area contributed by atoms with Crippen LogP contribution in [0.25, 0.3) is 0 Å². The van der Waals surface area contributed by atoms with E-state index in [1.165, 1.54) is 0 Å². The minimum absolute atomic E-state index is 0.131. The quantitative estimate of drug-likeness (QED) is 0.742. The summed E-state index contributed by atoms with van der Waals surface area (Å²) in [5, 5.41) is 6.58. The summed E-state index contributed by atoms with van der Waals surface area (Å²) in [6, 6.07) is 10.2. The maximum absolute atomic E-state index is 12.1. The Labute approximate surface area is 100 Å². The molecule has 90 valence electrons. The van der Waals surface area contributed by atoms with Gasteiger partial charge in [0.25, 0.3) is 0 Å². The van der Waals surface area contributed by atoms with E-state index in [4.69, 9.17) is 4.74 Å². The van der Waals surface area contributed by atoms with Crippen molar-refractivity contribution in [1.29, 1.82) is 0 Å². The molecule has 0 spiro atoms. The number of hydrogen-bond donors (Lipinski definition) is 2. The molecule has 1 aromatic rings. The van der Waals surface area contributed by atoms with Crippen LogP contribution in [0.4, 0.5) is 0 Å². The lowest BCUT2D eigenvalue weighted by Crippen LogP contribution is -2.55. The van der Waals surface area contributed by atoms with E-state index < -0.39 is 5.54 Å². The average Bonchev–Trinajstić information content (AvgIpc) is 2.99. The molecule has 0 amide bonds. The van der Waals surface area contributed by atoms with Crippen molar-refractivity contribution in [2.24, 2.45) is 0 Å². The Morgan fingerprint density at radius 1 is 1.41 bits per heavy atom. The lowest BCUT2D eigenvalue weighted by atomic mass is 10.0. The highest BCUT2D eigenvalue weighted by molar-refractivity contribution is 5.82. The number of carbonyl (C=O) groups excluding carboxylic acids is 1. The van der Waals surface area contributed by atoms with Crippen LogP contribution in [0.5, 0.6) is 0 Å². The summed E-state index contributed by atoms with van der Waals surface area (Å²) in [6.45, 7) is 1.90. The summed E-state index contributed by atoms with van der Waals surface area (Å²) in [5.41, 5.74) is 0.553. The molecule has 2 saturated heterocycles. The van der Waals surface area contributed by atoms with Crippen molar-refractivity contribution in [3.63, 3.8) is 0 Å². The Balaban J connectivity index is 1.61. The first-order chi connectivity index (χ1) is 8.28. The molecule has 1 unspecified atom stereocenters. The molecule has 17 heavy (non-hydrogen) atoms. The lowest BCUT2D eigenvalue weighted by Gasteiger charge is -2.25. The summed E-state index contributed by atoms with van der Waals surface area (Å²) in [4.78, 5) is 12.1. The first-order valence-electron chi connectivity index (χ1n) is 5.98. The van der Waals surface area contributed by atoms with Crippen LogP contribution in [-0.4, -0.2) is 30.6 Å². The van der Waals surface area contributed by atoms with Crippen molar-refractivity contribution >= 4 is 5.97 Å². The summed E-state index contributed by atoms with van der Waals surface area (Å²) in [6.07, 6.45) is 0.848. The van der Waals surface area contributed by atoms with E-state index >= 15 is 0 Å². The standard InChI is InChI=1S/C13H16N2O2/c16-12(13-6-11(7-15-13)14-9-13)17-8-10-4-2-1-3-5-10/h1-5,11,14-15H,6-9H2/t11-,13?/m0/s1. The Morgan fingerprint density at radius 3 is 2.82 bits per heavy atom. The second-order valence-corrected chi connectivity index (χ2v) is 4.81. The highest BCUT2D eigenvalue weighted by Crippen LogP contribution is 2.27. The molecule has 1 aromatic carbocycles. The molecule has 0 saturated carbocycles. The van der Waals surface area contributed by atoms with Gasteiger partial charge in [-0.3, -0.25) is 5.32 Å². The molecule has 2 N–H and O–H groups in total. The number of rotatable bonds is 3. The van der Waals surface area contributed by atoms with Gasteiger partial charge < -0.3 is 10.1 Å². The fourth-order valence-corrected chi connectivity index (χ4v) is 2.57. The molecule has 0 aromatic heterocycles. The molecule has 2 heterocycles. The monoisotopic (exact) mass is 232 g/mol. The summed E-state index contributed by atoms with van der Waals surface area (Å²) in [5.74, 6) is -0.131. The lowest BCUT2D eigenvalue weighted by molar-refractivity contribution is -0.151. The van der Waals surface area contributed by atoms with E-state index in [0.29, 0.717) is 19.2 Å². The molecule has 2 bridgehead atoms. The molecule has 2 atom stereocenters. The second-order valence-electron chi connectivity index (χ2n) is 4.81. The highest BCUT2D eigenvalue weighted by atomic mass is 16.5. The van der Waals surface area contributed by atoms with Crippen molar-refractivity contribution < 1.29 is 9.53 Å². The highest BCUT2D eigenvalue weighted by Gasteiger charge is 2.51. The van der Waals surface area contributed by atoms with Crippen LogP contribution in [0.3, 0.4) is 0 Å². The number of benzene rings is 1.